The maximum absolute atomic E-state index is 12.6. The Labute approximate surface area is 170 Å². The zero-order valence-corrected chi connectivity index (χ0v) is 16.0. The smallest absolute Gasteiger partial charge is 0.334 e. The fourth-order valence-electron chi connectivity index (χ4n) is 2.73. The van der Waals surface area contributed by atoms with Crippen molar-refractivity contribution in [3.8, 4) is 0 Å². The van der Waals surface area contributed by atoms with Gasteiger partial charge in [0.25, 0.3) is 0 Å². The fraction of sp³-hybridized carbons (Fsp3) is 0.120. The summed E-state index contributed by atoms with van der Waals surface area (Å²) in [4.78, 5) is 24.9. The minimum absolute atomic E-state index is 0.144. The maximum atomic E-state index is 12.6. The molecule has 0 heterocycles. The second kappa shape index (κ2) is 10.6. The molecule has 0 saturated heterocycles. The van der Waals surface area contributed by atoms with Gasteiger partial charge in [0.15, 0.2) is 0 Å². The molecule has 0 aromatic heterocycles. The monoisotopic (exact) mass is 386 g/mol. The van der Waals surface area contributed by atoms with Gasteiger partial charge >= 0.3 is 11.9 Å². The average molecular weight is 386 g/mol. The Morgan fingerprint density at radius 2 is 1.07 bits per heavy atom. The number of hydrogen-bond acceptors (Lipinski definition) is 4. The number of carbonyl (C=O) groups excluding carboxylic acids is 2. The van der Waals surface area contributed by atoms with Crippen LogP contribution in [0.15, 0.2) is 103 Å². The number of hydrogen-bond donors (Lipinski definition) is 0. The van der Waals surface area contributed by atoms with Crippen LogP contribution in [0.2, 0.25) is 0 Å². The summed E-state index contributed by atoms with van der Waals surface area (Å²) in [5, 5.41) is 0. The highest BCUT2D eigenvalue weighted by molar-refractivity contribution is 5.96. The molecule has 4 heteroatoms. The van der Waals surface area contributed by atoms with Crippen LogP contribution < -0.4 is 0 Å². The molecule has 0 aliphatic carbocycles. The quantitative estimate of drug-likeness (QED) is 0.418. The summed E-state index contributed by atoms with van der Waals surface area (Å²) < 4.78 is 10.7. The van der Waals surface area contributed by atoms with E-state index >= 15 is 0 Å². The molecule has 0 N–H and O–H groups in total. The van der Waals surface area contributed by atoms with Crippen molar-refractivity contribution in [3.05, 3.63) is 119 Å². The number of rotatable bonds is 8. The van der Waals surface area contributed by atoms with E-state index in [9.17, 15) is 9.59 Å². The molecule has 4 nitrogen and oxygen atoms in total. The molecular formula is C25H22O4. The number of ether oxygens (including phenoxy) is 2. The van der Waals surface area contributed by atoms with Crippen LogP contribution in [0.5, 0.6) is 0 Å². The molecule has 0 spiro atoms. The van der Waals surface area contributed by atoms with E-state index in [1.807, 2.05) is 91.0 Å². The third kappa shape index (κ3) is 6.78. The molecule has 146 valence electrons. The van der Waals surface area contributed by atoms with E-state index in [0.29, 0.717) is 0 Å². The Morgan fingerprint density at radius 1 is 0.621 bits per heavy atom. The van der Waals surface area contributed by atoms with Crippen LogP contribution in [0.25, 0.3) is 0 Å². The first-order valence-corrected chi connectivity index (χ1v) is 9.37. The first-order chi connectivity index (χ1) is 14.2. The third-order valence-electron chi connectivity index (χ3n) is 4.23. The van der Waals surface area contributed by atoms with Crippen molar-refractivity contribution in [2.45, 2.75) is 19.6 Å². The molecule has 3 aromatic rings. The molecule has 0 fully saturated rings. The van der Waals surface area contributed by atoms with Crippen molar-refractivity contribution in [1.29, 1.82) is 0 Å². The molecule has 3 aromatic carbocycles. The van der Waals surface area contributed by atoms with Gasteiger partial charge in [0.05, 0.1) is 0 Å². The highest BCUT2D eigenvalue weighted by Crippen LogP contribution is 2.12. The van der Waals surface area contributed by atoms with Crippen LogP contribution in [0, 0.1) is 0 Å². The molecule has 0 bridgehead atoms. The Hall–Kier alpha value is -3.66. The normalized spacial score (nSPS) is 11.0. The van der Waals surface area contributed by atoms with Crippen LogP contribution in [0.4, 0.5) is 0 Å². The van der Waals surface area contributed by atoms with E-state index in [0.717, 1.165) is 16.7 Å². The minimum Gasteiger partial charge on any atom is -0.458 e. The van der Waals surface area contributed by atoms with Crippen molar-refractivity contribution in [3.63, 3.8) is 0 Å². The van der Waals surface area contributed by atoms with Gasteiger partial charge in [-0.05, 0) is 16.7 Å². The lowest BCUT2D eigenvalue weighted by atomic mass is 10.0. The van der Waals surface area contributed by atoms with Gasteiger partial charge in [0.1, 0.15) is 13.2 Å². The summed E-state index contributed by atoms with van der Waals surface area (Å²) in [7, 11) is 0. The summed E-state index contributed by atoms with van der Waals surface area (Å²) in [5.41, 5.74) is 2.92. The Bertz CT molecular complexity index is 948. The Kier molecular flexibility index (Phi) is 7.35. The van der Waals surface area contributed by atoms with E-state index in [-0.39, 0.29) is 25.2 Å². The number of benzene rings is 3. The second-order valence-electron chi connectivity index (χ2n) is 6.49. The molecule has 0 radical (unpaired) electrons. The molecule has 0 atom stereocenters. The lowest BCUT2D eigenvalue weighted by Crippen LogP contribution is -2.13. The molecule has 0 saturated carbocycles. The Balaban J connectivity index is 1.68. The average Bonchev–Trinajstić information content (AvgIpc) is 2.78. The van der Waals surface area contributed by atoms with E-state index in [4.69, 9.17) is 9.47 Å². The van der Waals surface area contributed by atoms with E-state index < -0.39 is 11.9 Å². The van der Waals surface area contributed by atoms with Crippen LogP contribution in [-0.4, -0.2) is 11.9 Å². The molecule has 3 rings (SSSR count). The molecule has 29 heavy (non-hydrogen) atoms. The molecule has 0 unspecified atom stereocenters. The van der Waals surface area contributed by atoms with Gasteiger partial charge in [-0.1, -0.05) is 91.0 Å². The first kappa shape index (κ1) is 20.1. The SMILES string of the molecule is O=C(/C=C(\Cc1ccccc1)C(=O)OCc1ccccc1)OCc1ccccc1. The second-order valence-corrected chi connectivity index (χ2v) is 6.49. The fourth-order valence-corrected chi connectivity index (χ4v) is 2.73. The van der Waals surface area contributed by atoms with Gasteiger partial charge in [0, 0.05) is 18.1 Å². The van der Waals surface area contributed by atoms with Crippen LogP contribution in [0.1, 0.15) is 16.7 Å². The van der Waals surface area contributed by atoms with Gasteiger partial charge in [-0.2, -0.15) is 0 Å². The topological polar surface area (TPSA) is 52.6 Å². The van der Waals surface area contributed by atoms with Gasteiger partial charge in [-0.25, -0.2) is 9.59 Å². The third-order valence-corrected chi connectivity index (χ3v) is 4.23. The zero-order valence-electron chi connectivity index (χ0n) is 16.0. The van der Waals surface area contributed by atoms with Gasteiger partial charge < -0.3 is 9.47 Å². The zero-order chi connectivity index (χ0) is 20.3. The van der Waals surface area contributed by atoms with Crippen molar-refractivity contribution in [2.75, 3.05) is 0 Å². The molecule has 0 amide bonds. The standard InChI is InChI=1S/C25H22O4/c26-24(28-18-21-12-6-2-7-13-21)17-23(16-20-10-4-1-5-11-20)25(27)29-19-22-14-8-3-9-15-22/h1-15,17H,16,18-19H2/b23-17+. The minimum atomic E-state index is -0.573. The van der Waals surface area contributed by atoms with E-state index in [1.54, 1.807) is 0 Å². The highest BCUT2D eigenvalue weighted by Gasteiger charge is 2.15. The van der Waals surface area contributed by atoms with Crippen LogP contribution >= 0.6 is 0 Å². The Morgan fingerprint density at radius 3 is 1.59 bits per heavy atom. The molecular weight excluding hydrogens is 364 g/mol. The predicted octanol–water partition coefficient (Wildman–Crippen LogP) is 4.64. The lowest BCUT2D eigenvalue weighted by molar-refractivity contribution is -0.142. The molecule has 0 aliphatic rings. The highest BCUT2D eigenvalue weighted by atomic mass is 16.5. The van der Waals surface area contributed by atoms with Crippen molar-refractivity contribution in [2.24, 2.45) is 0 Å². The maximum Gasteiger partial charge on any atom is 0.334 e. The van der Waals surface area contributed by atoms with Crippen molar-refractivity contribution in [1.82, 2.24) is 0 Å². The van der Waals surface area contributed by atoms with Crippen molar-refractivity contribution >= 4 is 11.9 Å². The van der Waals surface area contributed by atoms with Crippen LogP contribution in [0.3, 0.4) is 0 Å². The number of esters is 2. The van der Waals surface area contributed by atoms with Gasteiger partial charge in [-0.3, -0.25) is 0 Å². The van der Waals surface area contributed by atoms with Crippen molar-refractivity contribution < 1.29 is 19.1 Å². The van der Waals surface area contributed by atoms with Crippen LogP contribution in [-0.2, 0) is 38.7 Å². The number of carbonyl (C=O) groups is 2. The summed E-state index contributed by atoms with van der Waals surface area (Å²) in [5.74, 6) is -1.11. The van der Waals surface area contributed by atoms with E-state index in [2.05, 4.69) is 0 Å². The predicted molar refractivity (Wildman–Crippen MR) is 111 cm³/mol. The van der Waals surface area contributed by atoms with Gasteiger partial charge in [0.2, 0.25) is 0 Å². The summed E-state index contributed by atoms with van der Waals surface area (Å²) in [6, 6.07) is 28.3. The summed E-state index contributed by atoms with van der Waals surface area (Å²) >= 11 is 0. The lowest BCUT2D eigenvalue weighted by Gasteiger charge is -2.09. The summed E-state index contributed by atoms with van der Waals surface area (Å²) in [6.45, 7) is 0.290. The van der Waals surface area contributed by atoms with E-state index in [1.165, 1.54) is 6.08 Å². The largest absolute Gasteiger partial charge is 0.458 e. The summed E-state index contributed by atoms with van der Waals surface area (Å²) in [6.07, 6.45) is 1.51. The first-order valence-electron chi connectivity index (χ1n) is 9.37. The molecule has 0 aliphatic heterocycles. The van der Waals surface area contributed by atoms with Gasteiger partial charge in [-0.15, -0.1) is 0 Å².